The monoisotopic (exact) mass is 253 g/mol. The van der Waals surface area contributed by atoms with E-state index in [4.69, 9.17) is 5.73 Å². The minimum Gasteiger partial charge on any atom is -0.368 e. The Labute approximate surface area is 109 Å². The van der Waals surface area contributed by atoms with Crippen molar-refractivity contribution in [1.29, 1.82) is 0 Å². The Bertz CT molecular complexity index is 751. The average molecular weight is 253 g/mol. The van der Waals surface area contributed by atoms with Crippen molar-refractivity contribution < 1.29 is 4.39 Å². The van der Waals surface area contributed by atoms with Crippen molar-refractivity contribution >= 4 is 16.9 Å². The average Bonchev–Trinajstić information content (AvgIpc) is 2.39. The summed E-state index contributed by atoms with van der Waals surface area (Å²) in [4.78, 5) is 8.35. The second kappa shape index (κ2) is 4.31. The Balaban J connectivity index is 2.19. The van der Waals surface area contributed by atoms with Gasteiger partial charge in [0.1, 0.15) is 5.82 Å². The minimum absolute atomic E-state index is 0.239. The van der Waals surface area contributed by atoms with Gasteiger partial charge in [0.2, 0.25) is 5.95 Å². The third-order valence-corrected chi connectivity index (χ3v) is 3.08. The first-order valence-electron chi connectivity index (χ1n) is 5.93. The summed E-state index contributed by atoms with van der Waals surface area (Å²) in [5, 5.41) is 0.955. The van der Waals surface area contributed by atoms with Crippen LogP contribution in [0.5, 0.6) is 0 Å². The smallest absolute Gasteiger partial charge is 0.220 e. The van der Waals surface area contributed by atoms with E-state index >= 15 is 0 Å². The first-order valence-corrected chi connectivity index (χ1v) is 5.93. The molecule has 0 aliphatic heterocycles. The number of hydrogen-bond acceptors (Lipinski definition) is 3. The van der Waals surface area contributed by atoms with Crippen LogP contribution in [0.25, 0.3) is 22.0 Å². The molecule has 0 radical (unpaired) electrons. The highest BCUT2D eigenvalue weighted by Gasteiger charge is 2.05. The van der Waals surface area contributed by atoms with Gasteiger partial charge >= 0.3 is 0 Å². The summed E-state index contributed by atoms with van der Waals surface area (Å²) in [6, 6.07) is 12.3. The molecule has 0 bridgehead atoms. The molecule has 2 N–H and O–H groups in total. The molecule has 0 aliphatic carbocycles. The number of nitrogen functional groups attached to an aromatic ring is 1. The van der Waals surface area contributed by atoms with Crippen LogP contribution in [0.15, 0.2) is 42.5 Å². The van der Waals surface area contributed by atoms with E-state index in [0.717, 1.165) is 27.7 Å². The van der Waals surface area contributed by atoms with Crippen LogP contribution >= 0.6 is 0 Å². The fraction of sp³-hybridized carbons (Fsp3) is 0.0667. The Morgan fingerprint density at radius 1 is 0.947 bits per heavy atom. The molecule has 4 heteroatoms. The van der Waals surface area contributed by atoms with E-state index in [9.17, 15) is 4.39 Å². The van der Waals surface area contributed by atoms with E-state index in [-0.39, 0.29) is 11.8 Å². The highest BCUT2D eigenvalue weighted by molar-refractivity contribution is 5.86. The number of hydrogen-bond donors (Lipinski definition) is 1. The summed E-state index contributed by atoms with van der Waals surface area (Å²) in [5.41, 5.74) is 9.24. The lowest BCUT2D eigenvalue weighted by atomic mass is 10.0. The third-order valence-electron chi connectivity index (χ3n) is 3.08. The number of aromatic nitrogens is 2. The van der Waals surface area contributed by atoms with Crippen molar-refractivity contribution in [3.05, 3.63) is 54.0 Å². The second-order valence-electron chi connectivity index (χ2n) is 4.41. The lowest BCUT2D eigenvalue weighted by Crippen LogP contribution is -1.97. The molecule has 0 saturated heterocycles. The molecular weight excluding hydrogens is 241 g/mol. The topological polar surface area (TPSA) is 51.8 Å². The van der Waals surface area contributed by atoms with E-state index < -0.39 is 0 Å². The maximum absolute atomic E-state index is 12.9. The fourth-order valence-corrected chi connectivity index (χ4v) is 2.13. The number of nitrogens with two attached hydrogens (primary N) is 1. The maximum atomic E-state index is 12.9. The predicted molar refractivity (Wildman–Crippen MR) is 74.1 cm³/mol. The van der Waals surface area contributed by atoms with E-state index in [1.807, 2.05) is 25.1 Å². The van der Waals surface area contributed by atoms with Crippen molar-refractivity contribution in [3.63, 3.8) is 0 Å². The van der Waals surface area contributed by atoms with Gasteiger partial charge in [0.25, 0.3) is 0 Å². The lowest BCUT2D eigenvalue weighted by molar-refractivity contribution is 0.628. The maximum Gasteiger partial charge on any atom is 0.220 e. The van der Waals surface area contributed by atoms with Gasteiger partial charge in [0, 0.05) is 5.39 Å². The highest BCUT2D eigenvalue weighted by atomic mass is 19.1. The Morgan fingerprint density at radius 3 is 2.37 bits per heavy atom. The van der Waals surface area contributed by atoms with Gasteiger partial charge in [-0.15, -0.1) is 0 Å². The van der Waals surface area contributed by atoms with E-state index in [1.54, 1.807) is 12.1 Å². The second-order valence-corrected chi connectivity index (χ2v) is 4.41. The molecular formula is C15H12FN3. The molecule has 1 aromatic heterocycles. The summed E-state index contributed by atoms with van der Waals surface area (Å²) in [6.45, 7) is 1.90. The molecule has 19 heavy (non-hydrogen) atoms. The molecule has 1 heterocycles. The molecule has 0 aliphatic rings. The normalized spacial score (nSPS) is 10.8. The van der Waals surface area contributed by atoms with Crippen molar-refractivity contribution in [2.75, 3.05) is 5.73 Å². The molecule has 2 aromatic carbocycles. The molecule has 0 spiro atoms. The number of anilines is 1. The van der Waals surface area contributed by atoms with Crippen LogP contribution in [0.4, 0.5) is 10.3 Å². The van der Waals surface area contributed by atoms with Gasteiger partial charge in [0.05, 0.1) is 11.2 Å². The van der Waals surface area contributed by atoms with Gasteiger partial charge in [-0.1, -0.05) is 18.2 Å². The summed E-state index contributed by atoms with van der Waals surface area (Å²) in [5.74, 6) is 0.0383. The Morgan fingerprint density at radius 2 is 1.63 bits per heavy atom. The molecule has 3 rings (SSSR count). The van der Waals surface area contributed by atoms with Crippen LogP contribution < -0.4 is 5.73 Å². The summed E-state index contributed by atoms with van der Waals surface area (Å²) < 4.78 is 12.9. The van der Waals surface area contributed by atoms with E-state index in [0.29, 0.717) is 0 Å². The summed E-state index contributed by atoms with van der Waals surface area (Å²) in [6.07, 6.45) is 0. The van der Waals surface area contributed by atoms with E-state index in [1.165, 1.54) is 12.1 Å². The number of benzene rings is 2. The van der Waals surface area contributed by atoms with Crippen molar-refractivity contribution in [1.82, 2.24) is 9.97 Å². The number of nitrogens with zero attached hydrogens (tertiary/aromatic N) is 2. The standard InChI is InChI=1S/C15H12FN3/c1-9-13-8-11(10-2-5-12(16)6-3-10)4-7-14(13)19-15(17)18-9/h2-8H,1H3,(H2,17,18,19). The molecule has 0 saturated carbocycles. The van der Waals surface area contributed by atoms with Gasteiger partial charge in [0.15, 0.2) is 0 Å². The van der Waals surface area contributed by atoms with Crippen molar-refractivity contribution in [2.24, 2.45) is 0 Å². The van der Waals surface area contributed by atoms with Crippen molar-refractivity contribution in [2.45, 2.75) is 6.92 Å². The van der Waals surface area contributed by atoms with E-state index in [2.05, 4.69) is 9.97 Å². The largest absolute Gasteiger partial charge is 0.368 e. The zero-order valence-corrected chi connectivity index (χ0v) is 10.4. The minimum atomic E-state index is -0.239. The zero-order chi connectivity index (χ0) is 13.4. The summed E-state index contributed by atoms with van der Waals surface area (Å²) in [7, 11) is 0. The van der Waals surface area contributed by atoms with Crippen LogP contribution in [0.2, 0.25) is 0 Å². The number of rotatable bonds is 1. The quantitative estimate of drug-likeness (QED) is 0.723. The molecule has 0 atom stereocenters. The van der Waals surface area contributed by atoms with Gasteiger partial charge in [-0.3, -0.25) is 0 Å². The van der Waals surface area contributed by atoms with Crippen LogP contribution in [-0.4, -0.2) is 9.97 Å². The van der Waals surface area contributed by atoms with Crippen LogP contribution in [0.1, 0.15) is 5.69 Å². The molecule has 3 aromatic rings. The number of aryl methyl sites for hydroxylation is 1. The first-order chi connectivity index (χ1) is 9.13. The van der Waals surface area contributed by atoms with Gasteiger partial charge in [-0.2, -0.15) is 0 Å². The Kier molecular flexibility index (Phi) is 2.63. The highest BCUT2D eigenvalue weighted by Crippen LogP contribution is 2.25. The molecule has 94 valence electrons. The molecule has 0 fully saturated rings. The lowest BCUT2D eigenvalue weighted by Gasteiger charge is -2.06. The van der Waals surface area contributed by atoms with Crippen molar-refractivity contribution in [3.8, 4) is 11.1 Å². The van der Waals surface area contributed by atoms with Gasteiger partial charge in [-0.25, -0.2) is 14.4 Å². The van der Waals surface area contributed by atoms with Gasteiger partial charge < -0.3 is 5.73 Å². The molecule has 3 nitrogen and oxygen atoms in total. The van der Waals surface area contributed by atoms with Crippen LogP contribution in [0.3, 0.4) is 0 Å². The SMILES string of the molecule is Cc1nc(N)nc2ccc(-c3ccc(F)cc3)cc12. The number of fused-ring (bicyclic) bond motifs is 1. The third kappa shape index (κ3) is 2.12. The first kappa shape index (κ1) is 11.6. The van der Waals surface area contributed by atoms with Crippen LogP contribution in [0, 0.1) is 12.7 Å². The predicted octanol–water partition coefficient (Wildman–Crippen LogP) is 3.33. The Hall–Kier alpha value is -2.49. The zero-order valence-electron chi connectivity index (χ0n) is 10.4. The molecule has 0 unspecified atom stereocenters. The van der Waals surface area contributed by atoms with Crippen LogP contribution in [-0.2, 0) is 0 Å². The van der Waals surface area contributed by atoms with Gasteiger partial charge in [-0.05, 0) is 42.3 Å². The number of halogens is 1. The molecule has 0 amide bonds. The fourth-order valence-electron chi connectivity index (χ4n) is 2.13. The summed E-state index contributed by atoms with van der Waals surface area (Å²) >= 11 is 0.